The maximum atomic E-state index is 9.16. The van der Waals surface area contributed by atoms with E-state index in [1.54, 1.807) is 0 Å². The average Bonchev–Trinajstić information content (AvgIpc) is 2.58. The first-order valence-corrected chi connectivity index (χ1v) is 5.91. The molecule has 1 aliphatic rings. The SMILES string of the molecule is CC1C[C@@H](C#N)N(Cc2ccccc2)C1C. The Hall–Kier alpha value is -1.33. The van der Waals surface area contributed by atoms with E-state index < -0.39 is 0 Å². The lowest BCUT2D eigenvalue weighted by atomic mass is 10.0. The van der Waals surface area contributed by atoms with Gasteiger partial charge in [0.2, 0.25) is 0 Å². The highest BCUT2D eigenvalue weighted by Crippen LogP contribution is 2.30. The molecule has 3 atom stereocenters. The fourth-order valence-corrected chi connectivity index (χ4v) is 2.47. The van der Waals surface area contributed by atoms with Crippen molar-refractivity contribution in [1.82, 2.24) is 4.90 Å². The van der Waals surface area contributed by atoms with Crippen LogP contribution in [0.4, 0.5) is 0 Å². The van der Waals surface area contributed by atoms with Crippen molar-refractivity contribution < 1.29 is 0 Å². The second kappa shape index (κ2) is 4.67. The van der Waals surface area contributed by atoms with Crippen molar-refractivity contribution in [1.29, 1.82) is 5.26 Å². The highest BCUT2D eigenvalue weighted by molar-refractivity contribution is 5.16. The van der Waals surface area contributed by atoms with E-state index in [-0.39, 0.29) is 6.04 Å². The van der Waals surface area contributed by atoms with E-state index in [1.807, 2.05) is 6.07 Å². The van der Waals surface area contributed by atoms with Gasteiger partial charge in [-0.25, -0.2) is 0 Å². The van der Waals surface area contributed by atoms with Crippen LogP contribution in [-0.4, -0.2) is 17.0 Å². The number of nitriles is 1. The van der Waals surface area contributed by atoms with Gasteiger partial charge in [-0.3, -0.25) is 4.90 Å². The Labute approximate surface area is 97.5 Å². The molecule has 1 aromatic rings. The van der Waals surface area contributed by atoms with Crippen LogP contribution in [0, 0.1) is 17.2 Å². The second-order valence-corrected chi connectivity index (χ2v) is 4.76. The number of rotatable bonds is 2. The zero-order valence-electron chi connectivity index (χ0n) is 9.93. The molecule has 0 bridgehead atoms. The van der Waals surface area contributed by atoms with Crippen LogP contribution in [-0.2, 0) is 6.54 Å². The van der Waals surface area contributed by atoms with Crippen LogP contribution < -0.4 is 0 Å². The highest BCUT2D eigenvalue weighted by Gasteiger charge is 2.35. The van der Waals surface area contributed by atoms with Crippen LogP contribution in [0.2, 0.25) is 0 Å². The third kappa shape index (κ3) is 2.10. The van der Waals surface area contributed by atoms with Crippen molar-refractivity contribution in [3.8, 4) is 6.07 Å². The van der Waals surface area contributed by atoms with Gasteiger partial charge in [0.1, 0.15) is 0 Å². The van der Waals surface area contributed by atoms with Gasteiger partial charge in [-0.15, -0.1) is 0 Å². The summed E-state index contributed by atoms with van der Waals surface area (Å²) >= 11 is 0. The topological polar surface area (TPSA) is 27.0 Å². The summed E-state index contributed by atoms with van der Waals surface area (Å²) in [6.45, 7) is 5.36. The number of hydrogen-bond acceptors (Lipinski definition) is 2. The molecule has 0 radical (unpaired) electrons. The van der Waals surface area contributed by atoms with Crippen LogP contribution in [0.5, 0.6) is 0 Å². The van der Waals surface area contributed by atoms with Crippen LogP contribution in [0.1, 0.15) is 25.8 Å². The summed E-state index contributed by atoms with van der Waals surface area (Å²) in [6, 6.07) is 13.4. The molecule has 0 saturated carbocycles. The van der Waals surface area contributed by atoms with Crippen molar-refractivity contribution in [2.75, 3.05) is 0 Å². The summed E-state index contributed by atoms with van der Waals surface area (Å²) in [5.74, 6) is 0.619. The van der Waals surface area contributed by atoms with Gasteiger partial charge in [0.15, 0.2) is 0 Å². The molecule has 1 saturated heterocycles. The molecule has 1 aliphatic heterocycles. The van der Waals surface area contributed by atoms with E-state index in [2.05, 4.69) is 49.1 Å². The van der Waals surface area contributed by atoms with Gasteiger partial charge in [0.05, 0.1) is 12.1 Å². The Morgan fingerprint density at radius 1 is 1.31 bits per heavy atom. The van der Waals surface area contributed by atoms with Gasteiger partial charge < -0.3 is 0 Å². The van der Waals surface area contributed by atoms with Gasteiger partial charge in [-0.2, -0.15) is 5.26 Å². The number of benzene rings is 1. The minimum Gasteiger partial charge on any atom is -0.281 e. The molecule has 0 N–H and O–H groups in total. The maximum absolute atomic E-state index is 9.16. The van der Waals surface area contributed by atoms with Gasteiger partial charge >= 0.3 is 0 Å². The molecule has 0 aliphatic carbocycles. The van der Waals surface area contributed by atoms with Gasteiger partial charge in [0, 0.05) is 12.6 Å². The van der Waals surface area contributed by atoms with Gasteiger partial charge in [-0.1, -0.05) is 37.3 Å². The molecule has 1 heterocycles. The van der Waals surface area contributed by atoms with E-state index in [4.69, 9.17) is 5.26 Å². The highest BCUT2D eigenvalue weighted by atomic mass is 15.2. The molecule has 2 unspecified atom stereocenters. The standard InChI is InChI=1S/C14H18N2/c1-11-8-14(9-15)16(12(11)2)10-13-6-4-3-5-7-13/h3-7,11-12,14H,8,10H2,1-2H3/t11?,12?,14-/m0/s1. The summed E-state index contributed by atoms with van der Waals surface area (Å²) in [5.41, 5.74) is 1.30. The molecule has 0 spiro atoms. The predicted octanol–water partition coefficient (Wildman–Crippen LogP) is 2.81. The lowest BCUT2D eigenvalue weighted by Crippen LogP contribution is -2.34. The molecular formula is C14H18N2. The molecule has 84 valence electrons. The molecule has 16 heavy (non-hydrogen) atoms. The van der Waals surface area contributed by atoms with Crippen molar-refractivity contribution in [3.05, 3.63) is 35.9 Å². The van der Waals surface area contributed by atoms with Crippen molar-refractivity contribution in [3.63, 3.8) is 0 Å². The summed E-state index contributed by atoms with van der Waals surface area (Å²) < 4.78 is 0. The molecule has 1 aromatic carbocycles. The van der Waals surface area contributed by atoms with Crippen LogP contribution in [0.25, 0.3) is 0 Å². The molecule has 2 heteroatoms. The lowest BCUT2D eigenvalue weighted by molar-refractivity contribution is 0.211. The van der Waals surface area contributed by atoms with E-state index in [1.165, 1.54) is 5.56 Å². The number of hydrogen-bond donors (Lipinski definition) is 0. The van der Waals surface area contributed by atoms with Crippen molar-refractivity contribution in [2.45, 2.75) is 38.9 Å². The lowest BCUT2D eigenvalue weighted by Gasteiger charge is -2.25. The molecule has 1 fully saturated rings. The minimum absolute atomic E-state index is 0.0882. The first kappa shape index (κ1) is 11.2. The summed E-state index contributed by atoms with van der Waals surface area (Å²) in [4.78, 5) is 2.32. The Bertz CT molecular complexity index is 379. The molecule has 2 nitrogen and oxygen atoms in total. The Balaban J connectivity index is 2.12. The molecule has 2 rings (SSSR count). The van der Waals surface area contributed by atoms with Crippen molar-refractivity contribution in [2.24, 2.45) is 5.92 Å². The first-order valence-electron chi connectivity index (χ1n) is 5.91. The summed E-state index contributed by atoms with van der Waals surface area (Å²) in [7, 11) is 0. The number of nitrogens with zero attached hydrogens (tertiary/aromatic N) is 2. The monoisotopic (exact) mass is 214 g/mol. The Kier molecular flexibility index (Phi) is 3.26. The average molecular weight is 214 g/mol. The largest absolute Gasteiger partial charge is 0.281 e. The second-order valence-electron chi connectivity index (χ2n) is 4.76. The molecule has 0 aromatic heterocycles. The van der Waals surface area contributed by atoms with E-state index in [9.17, 15) is 0 Å². The van der Waals surface area contributed by atoms with Gasteiger partial charge in [0.25, 0.3) is 0 Å². The Morgan fingerprint density at radius 2 is 2.00 bits per heavy atom. The maximum Gasteiger partial charge on any atom is 0.0986 e. The van der Waals surface area contributed by atoms with Crippen LogP contribution in [0.3, 0.4) is 0 Å². The smallest absolute Gasteiger partial charge is 0.0986 e. The van der Waals surface area contributed by atoms with E-state index in [0.717, 1.165) is 13.0 Å². The molecule has 0 amide bonds. The quantitative estimate of drug-likeness (QED) is 0.757. The third-order valence-electron chi connectivity index (χ3n) is 3.70. The molecular weight excluding hydrogens is 196 g/mol. The zero-order valence-corrected chi connectivity index (χ0v) is 9.93. The van der Waals surface area contributed by atoms with Gasteiger partial charge in [-0.05, 0) is 24.8 Å². The number of likely N-dealkylation sites (tertiary alicyclic amines) is 1. The third-order valence-corrected chi connectivity index (χ3v) is 3.70. The summed E-state index contributed by atoms with van der Waals surface area (Å²) in [5, 5.41) is 9.16. The van der Waals surface area contributed by atoms with E-state index in [0.29, 0.717) is 12.0 Å². The normalized spacial score (nSPS) is 30.2. The minimum atomic E-state index is 0.0882. The van der Waals surface area contributed by atoms with Crippen molar-refractivity contribution >= 4 is 0 Å². The van der Waals surface area contributed by atoms with Crippen LogP contribution in [0.15, 0.2) is 30.3 Å². The Morgan fingerprint density at radius 3 is 2.62 bits per heavy atom. The van der Waals surface area contributed by atoms with E-state index >= 15 is 0 Å². The fraction of sp³-hybridized carbons (Fsp3) is 0.500. The first-order chi connectivity index (χ1) is 7.72. The fourth-order valence-electron chi connectivity index (χ4n) is 2.47. The summed E-state index contributed by atoms with van der Waals surface area (Å²) in [6.07, 6.45) is 1.00. The predicted molar refractivity (Wildman–Crippen MR) is 64.6 cm³/mol. The van der Waals surface area contributed by atoms with Crippen LogP contribution >= 0.6 is 0 Å². The zero-order chi connectivity index (χ0) is 11.5.